The van der Waals surface area contributed by atoms with E-state index >= 15 is 0 Å². The summed E-state index contributed by atoms with van der Waals surface area (Å²) in [7, 11) is 1.77. The molecule has 1 atom stereocenters. The van der Waals surface area contributed by atoms with Crippen LogP contribution in [-0.4, -0.2) is 19.3 Å². The number of aryl methyl sites for hydroxylation is 2. The van der Waals surface area contributed by atoms with Gasteiger partial charge in [0.05, 0.1) is 5.60 Å². The lowest BCUT2D eigenvalue weighted by Gasteiger charge is -2.24. The van der Waals surface area contributed by atoms with Crippen LogP contribution >= 0.6 is 11.3 Å². The number of hydrogen-bond acceptors (Lipinski definition) is 3. The van der Waals surface area contributed by atoms with Crippen molar-refractivity contribution in [3.8, 4) is 0 Å². The molecule has 0 aliphatic rings. The molecule has 98 valence electrons. The van der Waals surface area contributed by atoms with Crippen LogP contribution in [0.2, 0.25) is 0 Å². The Bertz CT molecular complexity index is 357. The van der Waals surface area contributed by atoms with E-state index in [1.165, 1.54) is 15.3 Å². The second-order valence-corrected chi connectivity index (χ2v) is 6.72. The fraction of sp³-hybridized carbons (Fsp3) is 0.714. The molecule has 1 aromatic heterocycles. The molecule has 0 fully saturated rings. The molecule has 17 heavy (non-hydrogen) atoms. The standard InChI is InChI=1S/C14H25NOS/c1-10-9-13(12(3)17-10)11(2)15-8-7-14(4,5)16-6/h9,11,15H,7-8H2,1-6H3. The van der Waals surface area contributed by atoms with Crippen LogP contribution in [0.1, 0.15) is 48.6 Å². The van der Waals surface area contributed by atoms with Crippen LogP contribution in [-0.2, 0) is 4.74 Å². The normalized spacial score (nSPS) is 14.0. The predicted octanol–water partition coefficient (Wildman–Crippen LogP) is 3.83. The Balaban J connectivity index is 2.45. The number of rotatable bonds is 6. The highest BCUT2D eigenvalue weighted by atomic mass is 32.1. The van der Waals surface area contributed by atoms with E-state index in [0.717, 1.165) is 13.0 Å². The molecule has 1 unspecified atom stereocenters. The molecular weight excluding hydrogens is 230 g/mol. The van der Waals surface area contributed by atoms with Crippen molar-refractivity contribution in [2.45, 2.75) is 52.7 Å². The zero-order valence-corrected chi connectivity index (χ0v) is 12.7. The zero-order valence-electron chi connectivity index (χ0n) is 11.9. The number of nitrogens with one attached hydrogen (secondary N) is 1. The van der Waals surface area contributed by atoms with Crippen molar-refractivity contribution in [1.29, 1.82) is 0 Å². The fourth-order valence-electron chi connectivity index (χ4n) is 1.88. The van der Waals surface area contributed by atoms with E-state index in [1.54, 1.807) is 7.11 Å². The van der Waals surface area contributed by atoms with E-state index in [9.17, 15) is 0 Å². The first-order chi connectivity index (χ1) is 7.85. The monoisotopic (exact) mass is 255 g/mol. The Hall–Kier alpha value is -0.380. The van der Waals surface area contributed by atoms with Gasteiger partial charge in [-0.05, 0) is 59.2 Å². The summed E-state index contributed by atoms with van der Waals surface area (Å²) < 4.78 is 5.42. The fourth-order valence-corrected chi connectivity index (χ4v) is 2.90. The van der Waals surface area contributed by atoms with E-state index in [2.05, 4.69) is 46.0 Å². The zero-order chi connectivity index (χ0) is 13.1. The van der Waals surface area contributed by atoms with Gasteiger partial charge in [0, 0.05) is 22.9 Å². The SMILES string of the molecule is COC(C)(C)CCNC(C)c1cc(C)sc1C. The predicted molar refractivity (Wildman–Crippen MR) is 75.9 cm³/mol. The van der Waals surface area contributed by atoms with Gasteiger partial charge in [-0.15, -0.1) is 11.3 Å². The van der Waals surface area contributed by atoms with E-state index < -0.39 is 0 Å². The van der Waals surface area contributed by atoms with Crippen LogP contribution in [0.15, 0.2) is 6.07 Å². The van der Waals surface area contributed by atoms with Gasteiger partial charge < -0.3 is 10.1 Å². The van der Waals surface area contributed by atoms with Gasteiger partial charge in [-0.2, -0.15) is 0 Å². The lowest BCUT2D eigenvalue weighted by molar-refractivity contribution is 0.0154. The second kappa shape index (κ2) is 5.98. The number of methoxy groups -OCH3 is 1. The summed E-state index contributed by atoms with van der Waals surface area (Å²) in [6, 6.07) is 2.71. The lowest BCUT2D eigenvalue weighted by Crippen LogP contribution is -2.30. The first-order valence-corrected chi connectivity index (χ1v) is 7.03. The minimum absolute atomic E-state index is 0.0354. The van der Waals surface area contributed by atoms with Crippen LogP contribution in [0.25, 0.3) is 0 Å². The molecular formula is C14H25NOS. The minimum Gasteiger partial charge on any atom is -0.379 e. The number of ether oxygens (including phenoxy) is 1. The molecule has 0 spiro atoms. The maximum Gasteiger partial charge on any atom is 0.0634 e. The molecule has 0 saturated carbocycles. The second-order valence-electron chi connectivity index (χ2n) is 5.26. The Morgan fingerprint density at radius 1 is 1.41 bits per heavy atom. The van der Waals surface area contributed by atoms with Crippen LogP contribution < -0.4 is 5.32 Å². The smallest absolute Gasteiger partial charge is 0.0634 e. The maximum atomic E-state index is 5.42. The van der Waals surface area contributed by atoms with Crippen molar-refractivity contribution in [1.82, 2.24) is 5.32 Å². The molecule has 0 aromatic carbocycles. The molecule has 0 saturated heterocycles. The lowest BCUT2D eigenvalue weighted by atomic mass is 10.0. The highest BCUT2D eigenvalue weighted by molar-refractivity contribution is 7.12. The molecule has 0 bridgehead atoms. The maximum absolute atomic E-state index is 5.42. The number of hydrogen-bond donors (Lipinski definition) is 1. The quantitative estimate of drug-likeness (QED) is 0.834. The highest BCUT2D eigenvalue weighted by Gasteiger charge is 2.17. The van der Waals surface area contributed by atoms with Gasteiger partial charge in [0.15, 0.2) is 0 Å². The van der Waals surface area contributed by atoms with Crippen molar-refractivity contribution >= 4 is 11.3 Å². The summed E-state index contributed by atoms with van der Waals surface area (Å²) in [4.78, 5) is 2.82. The van der Waals surface area contributed by atoms with E-state index in [0.29, 0.717) is 6.04 Å². The molecule has 0 amide bonds. The van der Waals surface area contributed by atoms with E-state index in [1.807, 2.05) is 11.3 Å². The third-order valence-corrected chi connectivity index (χ3v) is 4.26. The summed E-state index contributed by atoms with van der Waals surface area (Å²) in [5.74, 6) is 0. The Morgan fingerprint density at radius 3 is 2.53 bits per heavy atom. The van der Waals surface area contributed by atoms with E-state index in [-0.39, 0.29) is 5.60 Å². The summed E-state index contributed by atoms with van der Waals surface area (Å²) in [5.41, 5.74) is 1.40. The molecule has 1 rings (SSSR count). The van der Waals surface area contributed by atoms with Gasteiger partial charge in [0.1, 0.15) is 0 Å². The van der Waals surface area contributed by atoms with Gasteiger partial charge in [0.25, 0.3) is 0 Å². The van der Waals surface area contributed by atoms with Crippen LogP contribution in [0.3, 0.4) is 0 Å². The Kier molecular flexibility index (Phi) is 5.17. The Labute approximate surface area is 109 Å². The molecule has 0 radical (unpaired) electrons. The van der Waals surface area contributed by atoms with Gasteiger partial charge in [-0.25, -0.2) is 0 Å². The topological polar surface area (TPSA) is 21.3 Å². The van der Waals surface area contributed by atoms with Crippen molar-refractivity contribution in [2.24, 2.45) is 0 Å². The van der Waals surface area contributed by atoms with Gasteiger partial charge in [-0.3, -0.25) is 0 Å². The molecule has 1 aromatic rings. The van der Waals surface area contributed by atoms with Gasteiger partial charge in [-0.1, -0.05) is 0 Å². The molecule has 2 nitrogen and oxygen atoms in total. The van der Waals surface area contributed by atoms with Crippen LogP contribution in [0.5, 0.6) is 0 Å². The number of thiophene rings is 1. The van der Waals surface area contributed by atoms with Crippen molar-refractivity contribution in [3.63, 3.8) is 0 Å². The molecule has 3 heteroatoms. The van der Waals surface area contributed by atoms with Crippen molar-refractivity contribution in [2.75, 3.05) is 13.7 Å². The summed E-state index contributed by atoms with van der Waals surface area (Å²) in [6.45, 7) is 11.8. The van der Waals surface area contributed by atoms with Crippen molar-refractivity contribution in [3.05, 3.63) is 21.4 Å². The van der Waals surface area contributed by atoms with Crippen molar-refractivity contribution < 1.29 is 4.74 Å². The molecule has 0 aliphatic carbocycles. The molecule has 1 N–H and O–H groups in total. The highest BCUT2D eigenvalue weighted by Crippen LogP contribution is 2.26. The summed E-state index contributed by atoms with van der Waals surface area (Å²) >= 11 is 1.88. The first-order valence-electron chi connectivity index (χ1n) is 6.21. The first kappa shape index (κ1) is 14.7. The van der Waals surface area contributed by atoms with Crippen LogP contribution in [0, 0.1) is 13.8 Å². The average molecular weight is 255 g/mol. The third kappa shape index (κ3) is 4.41. The average Bonchev–Trinajstić information content (AvgIpc) is 2.57. The largest absolute Gasteiger partial charge is 0.379 e. The van der Waals surface area contributed by atoms with E-state index in [4.69, 9.17) is 4.74 Å². The van der Waals surface area contributed by atoms with Gasteiger partial charge in [0.2, 0.25) is 0 Å². The minimum atomic E-state index is -0.0354. The molecule has 1 heterocycles. The molecule has 0 aliphatic heterocycles. The summed E-state index contributed by atoms with van der Waals surface area (Å²) in [6.07, 6.45) is 1.02. The summed E-state index contributed by atoms with van der Waals surface area (Å²) in [5, 5.41) is 3.57. The Morgan fingerprint density at radius 2 is 2.06 bits per heavy atom. The third-order valence-electron chi connectivity index (χ3n) is 3.28. The van der Waals surface area contributed by atoms with Gasteiger partial charge >= 0.3 is 0 Å². The van der Waals surface area contributed by atoms with Crippen LogP contribution in [0.4, 0.5) is 0 Å².